The summed E-state index contributed by atoms with van der Waals surface area (Å²) in [6.45, 7) is 7.31. The van der Waals surface area contributed by atoms with Crippen molar-refractivity contribution in [2.75, 3.05) is 32.0 Å². The van der Waals surface area contributed by atoms with Crippen molar-refractivity contribution >= 4 is 11.7 Å². The van der Waals surface area contributed by atoms with E-state index in [-0.39, 0.29) is 5.97 Å². The molecule has 0 amide bonds. The number of anilines is 1. The highest BCUT2D eigenvalue weighted by Gasteiger charge is 2.07. The largest absolute Gasteiger partial charge is 0.461 e. The Morgan fingerprint density at radius 3 is 2.24 bits per heavy atom. The molecule has 0 radical (unpaired) electrons. The van der Waals surface area contributed by atoms with Crippen molar-refractivity contribution in [3.05, 3.63) is 39.9 Å². The minimum Gasteiger partial charge on any atom is -0.461 e. The molecule has 8 nitrogen and oxygen atoms in total. The second-order valence-electron chi connectivity index (χ2n) is 4.02. The minimum absolute atomic E-state index is 0.294. The molecule has 0 saturated heterocycles. The maximum Gasteiger partial charge on any atom is 0.338 e. The predicted octanol–water partition coefficient (Wildman–Crippen LogP) is 1.42. The van der Waals surface area contributed by atoms with Crippen LogP contribution >= 0.6 is 0 Å². The van der Waals surface area contributed by atoms with Crippen molar-refractivity contribution in [2.24, 2.45) is 0 Å². The molecule has 1 rings (SSSR count). The topological polar surface area (TPSA) is 119 Å². The van der Waals surface area contributed by atoms with E-state index in [9.17, 15) is 4.79 Å². The zero-order valence-corrected chi connectivity index (χ0v) is 12.2. The van der Waals surface area contributed by atoms with Crippen molar-refractivity contribution in [3.8, 4) is 0 Å². The normalized spacial score (nSPS) is 9.67. The third kappa shape index (κ3) is 9.22. The Kier molecular flexibility index (Phi) is 9.27. The first-order valence-electron chi connectivity index (χ1n) is 6.49. The molecule has 0 aromatic heterocycles. The van der Waals surface area contributed by atoms with Crippen molar-refractivity contribution in [1.29, 1.82) is 0 Å². The maximum absolute atomic E-state index is 11.6. The first kappa shape index (κ1) is 18.7. The average Bonchev–Trinajstić information content (AvgIpc) is 2.43. The van der Waals surface area contributed by atoms with Crippen LogP contribution in [-0.2, 0) is 4.74 Å². The summed E-state index contributed by atoms with van der Waals surface area (Å²) in [6, 6.07) is 6.74. The van der Waals surface area contributed by atoms with Gasteiger partial charge in [-0.15, -0.1) is 10.1 Å². The van der Waals surface area contributed by atoms with E-state index in [0.717, 1.165) is 19.6 Å². The van der Waals surface area contributed by atoms with E-state index in [1.807, 2.05) is 0 Å². The molecule has 0 spiro atoms. The lowest BCUT2D eigenvalue weighted by atomic mass is 10.2. The van der Waals surface area contributed by atoms with Crippen LogP contribution in [0.2, 0.25) is 0 Å². The van der Waals surface area contributed by atoms with Crippen LogP contribution in [0.1, 0.15) is 24.2 Å². The van der Waals surface area contributed by atoms with Gasteiger partial charge in [0.2, 0.25) is 0 Å². The van der Waals surface area contributed by atoms with Gasteiger partial charge in [-0.05, 0) is 37.4 Å². The second-order valence-corrected chi connectivity index (χ2v) is 4.02. The average molecular weight is 299 g/mol. The van der Waals surface area contributed by atoms with E-state index in [0.29, 0.717) is 17.9 Å². The number of carbonyl (C=O) groups is 1. The third-order valence-electron chi connectivity index (χ3n) is 2.68. The van der Waals surface area contributed by atoms with Crippen LogP contribution in [-0.4, -0.2) is 47.4 Å². The summed E-state index contributed by atoms with van der Waals surface area (Å²) >= 11 is 0. The lowest BCUT2D eigenvalue weighted by Gasteiger charge is -2.17. The smallest absolute Gasteiger partial charge is 0.338 e. The van der Waals surface area contributed by atoms with Crippen LogP contribution in [0.25, 0.3) is 0 Å². The molecule has 8 heteroatoms. The minimum atomic E-state index is -1.50. The lowest BCUT2D eigenvalue weighted by Crippen LogP contribution is -2.27. The van der Waals surface area contributed by atoms with Crippen LogP contribution in [0.15, 0.2) is 24.3 Å². The quantitative estimate of drug-likeness (QED) is 0.353. The summed E-state index contributed by atoms with van der Waals surface area (Å²) < 4.78 is 5.18. The monoisotopic (exact) mass is 299 g/mol. The van der Waals surface area contributed by atoms with Crippen molar-refractivity contribution in [2.45, 2.75) is 13.8 Å². The molecule has 1 aromatic rings. The number of benzene rings is 1. The first-order chi connectivity index (χ1) is 9.90. The number of carbonyl (C=O) groups excluding carboxylic acids is 1. The Balaban J connectivity index is 0.000000885. The second kappa shape index (κ2) is 10.4. The highest BCUT2D eigenvalue weighted by atomic mass is 16.9. The molecule has 0 saturated carbocycles. The van der Waals surface area contributed by atoms with Gasteiger partial charge in [0.1, 0.15) is 6.61 Å². The highest BCUT2D eigenvalue weighted by Crippen LogP contribution is 2.06. The molecule has 0 atom stereocenters. The van der Waals surface area contributed by atoms with E-state index in [4.69, 9.17) is 25.8 Å². The number of nitrogens with zero attached hydrogens (tertiary/aromatic N) is 2. The predicted molar refractivity (Wildman–Crippen MR) is 77.7 cm³/mol. The summed E-state index contributed by atoms with van der Waals surface area (Å²) in [5.74, 6) is -0.294. The standard InChI is InChI=1S/C13H20N2O2.HNO3/c1-3-15(4-2)9-10-17-13(16)11-5-7-12(14)8-6-11;2-1(3)4/h5-8H,3-4,9-10,14H2,1-2H3;(H,2,3,4). The molecule has 0 bridgehead atoms. The number of nitrogen functional groups attached to an aromatic ring is 1. The van der Waals surface area contributed by atoms with Gasteiger partial charge < -0.3 is 20.6 Å². The Bertz CT molecular complexity index is 428. The number of hydrogen-bond acceptors (Lipinski definition) is 6. The van der Waals surface area contributed by atoms with Gasteiger partial charge in [-0.25, -0.2) is 4.79 Å². The Labute approximate surface area is 123 Å². The zero-order chi connectivity index (χ0) is 16.3. The molecule has 0 aliphatic heterocycles. The maximum atomic E-state index is 11.6. The summed E-state index contributed by atoms with van der Waals surface area (Å²) in [6.07, 6.45) is 0. The Morgan fingerprint density at radius 1 is 1.33 bits per heavy atom. The number of likely N-dealkylation sites (N-methyl/N-ethyl adjacent to an activating group) is 1. The summed E-state index contributed by atoms with van der Waals surface area (Å²) in [7, 11) is 0. The van der Waals surface area contributed by atoms with Crippen LogP contribution in [0.5, 0.6) is 0 Å². The third-order valence-corrected chi connectivity index (χ3v) is 2.68. The zero-order valence-electron chi connectivity index (χ0n) is 12.2. The highest BCUT2D eigenvalue weighted by molar-refractivity contribution is 5.89. The van der Waals surface area contributed by atoms with E-state index < -0.39 is 5.09 Å². The van der Waals surface area contributed by atoms with E-state index in [2.05, 4.69) is 18.7 Å². The molecule has 0 fully saturated rings. The lowest BCUT2D eigenvalue weighted by molar-refractivity contribution is -0.742. The molecular weight excluding hydrogens is 278 g/mol. The number of hydrogen-bond donors (Lipinski definition) is 2. The molecule has 0 heterocycles. The number of ether oxygens (including phenoxy) is 1. The van der Waals surface area contributed by atoms with E-state index in [1.54, 1.807) is 24.3 Å². The fourth-order valence-electron chi connectivity index (χ4n) is 1.51. The molecule has 0 unspecified atom stereocenters. The van der Waals surface area contributed by atoms with Crippen molar-refractivity contribution in [1.82, 2.24) is 4.90 Å². The molecule has 118 valence electrons. The van der Waals surface area contributed by atoms with Gasteiger partial charge >= 0.3 is 5.97 Å². The van der Waals surface area contributed by atoms with Gasteiger partial charge in [-0.3, -0.25) is 0 Å². The molecule has 1 aromatic carbocycles. The molecule has 21 heavy (non-hydrogen) atoms. The molecule has 0 aliphatic carbocycles. The van der Waals surface area contributed by atoms with Crippen LogP contribution in [0.4, 0.5) is 5.69 Å². The molecule has 0 aliphatic rings. The first-order valence-corrected chi connectivity index (χ1v) is 6.49. The van der Waals surface area contributed by atoms with Gasteiger partial charge in [0, 0.05) is 12.2 Å². The molecule has 3 N–H and O–H groups in total. The number of nitrogens with two attached hydrogens (primary N) is 1. The summed E-state index contributed by atoms with van der Waals surface area (Å²) in [4.78, 5) is 22.2. The van der Waals surface area contributed by atoms with Gasteiger partial charge in [0.25, 0.3) is 5.09 Å². The number of esters is 1. The SMILES string of the molecule is CCN(CC)CCOC(=O)c1ccc(N)cc1.O=[N+]([O-])O. The van der Waals surface area contributed by atoms with Crippen molar-refractivity contribution < 1.29 is 19.8 Å². The van der Waals surface area contributed by atoms with Crippen LogP contribution in [0.3, 0.4) is 0 Å². The fraction of sp³-hybridized carbons (Fsp3) is 0.462. The van der Waals surface area contributed by atoms with Crippen LogP contribution in [0, 0.1) is 10.1 Å². The van der Waals surface area contributed by atoms with Gasteiger partial charge in [0.05, 0.1) is 5.56 Å². The Hall–Kier alpha value is -2.35. The number of rotatable bonds is 6. The van der Waals surface area contributed by atoms with Gasteiger partial charge in [-0.1, -0.05) is 13.8 Å². The van der Waals surface area contributed by atoms with Gasteiger partial charge in [0.15, 0.2) is 0 Å². The Morgan fingerprint density at radius 2 is 1.81 bits per heavy atom. The fourth-order valence-corrected chi connectivity index (χ4v) is 1.51. The summed E-state index contributed by atoms with van der Waals surface area (Å²) in [5, 5.41) is 13.6. The van der Waals surface area contributed by atoms with E-state index in [1.165, 1.54) is 0 Å². The van der Waals surface area contributed by atoms with Crippen molar-refractivity contribution in [3.63, 3.8) is 0 Å². The van der Waals surface area contributed by atoms with E-state index >= 15 is 0 Å². The summed E-state index contributed by atoms with van der Waals surface area (Å²) in [5.41, 5.74) is 6.73. The van der Waals surface area contributed by atoms with Gasteiger partial charge in [-0.2, -0.15) is 0 Å². The molecular formula is C13H21N3O5. The van der Waals surface area contributed by atoms with Crippen LogP contribution < -0.4 is 5.73 Å².